The van der Waals surface area contributed by atoms with Crippen molar-refractivity contribution in [2.45, 2.75) is 98.1 Å². The number of ketones is 2. The summed E-state index contributed by atoms with van der Waals surface area (Å²) in [6.45, 7) is 14.0. The van der Waals surface area contributed by atoms with Gasteiger partial charge >= 0.3 is 0 Å². The Kier molecular flexibility index (Phi) is 5.72. The molecular weight excluding hydrogens is 456 g/mol. The molecule has 6 heteroatoms. The highest BCUT2D eigenvalue weighted by atomic mass is 16.5. The van der Waals surface area contributed by atoms with Crippen LogP contribution >= 0.6 is 0 Å². The first-order valence-electron chi connectivity index (χ1n) is 13.7. The Balaban J connectivity index is 1.50. The third kappa shape index (κ3) is 3.30. The van der Waals surface area contributed by atoms with Crippen LogP contribution in [-0.4, -0.2) is 57.4 Å². The molecule has 1 heterocycles. The van der Waals surface area contributed by atoms with Gasteiger partial charge in [-0.05, 0) is 74.7 Å². The molecule has 10 atom stereocenters. The van der Waals surface area contributed by atoms with Crippen LogP contribution in [0.2, 0.25) is 0 Å². The van der Waals surface area contributed by atoms with Gasteiger partial charge in [0.05, 0.1) is 29.8 Å². The Morgan fingerprint density at radius 1 is 1.06 bits per heavy atom. The van der Waals surface area contributed by atoms with E-state index in [1.165, 1.54) is 0 Å². The van der Waals surface area contributed by atoms with Crippen LogP contribution < -0.4 is 0 Å². The highest BCUT2D eigenvalue weighted by molar-refractivity contribution is 5.98. The van der Waals surface area contributed by atoms with Crippen molar-refractivity contribution in [3.63, 3.8) is 0 Å². The Bertz CT molecular complexity index is 1030. The summed E-state index contributed by atoms with van der Waals surface area (Å²) in [6, 6.07) is 0. The highest BCUT2D eigenvalue weighted by Crippen LogP contribution is 2.71. The van der Waals surface area contributed by atoms with Crippen LogP contribution in [0.3, 0.4) is 0 Å². The van der Waals surface area contributed by atoms with E-state index in [0.717, 1.165) is 12.0 Å². The van der Waals surface area contributed by atoms with E-state index in [4.69, 9.17) is 4.74 Å². The average molecular weight is 501 g/mol. The van der Waals surface area contributed by atoms with E-state index >= 15 is 0 Å². The molecule has 0 aromatic carbocycles. The van der Waals surface area contributed by atoms with Crippen LogP contribution in [0.4, 0.5) is 0 Å². The molecule has 5 aliphatic rings. The molecule has 1 aliphatic heterocycles. The van der Waals surface area contributed by atoms with Gasteiger partial charge in [0.2, 0.25) is 0 Å². The second-order valence-corrected chi connectivity index (χ2v) is 14.3. The fraction of sp³-hybridized carbons (Fsp3) is 0.800. The molecule has 3 N–H and O–H groups in total. The molecule has 0 aromatic rings. The Morgan fingerprint density at radius 2 is 1.72 bits per heavy atom. The van der Waals surface area contributed by atoms with E-state index in [9.17, 15) is 24.9 Å². The predicted molar refractivity (Wildman–Crippen MR) is 136 cm³/mol. The third-order valence-corrected chi connectivity index (χ3v) is 11.3. The van der Waals surface area contributed by atoms with Gasteiger partial charge in [-0.15, -0.1) is 0 Å². The van der Waals surface area contributed by atoms with Crippen molar-refractivity contribution >= 4 is 11.6 Å². The van der Waals surface area contributed by atoms with Crippen molar-refractivity contribution < 1.29 is 29.6 Å². The van der Waals surface area contributed by atoms with Crippen LogP contribution in [-0.2, 0) is 14.3 Å². The molecule has 3 fully saturated rings. The molecule has 0 bridgehead atoms. The topological polar surface area (TPSA) is 104 Å². The minimum atomic E-state index is -1.13. The summed E-state index contributed by atoms with van der Waals surface area (Å²) in [5.41, 5.74) is -2.32. The van der Waals surface area contributed by atoms with Crippen molar-refractivity contribution in [3.05, 3.63) is 23.8 Å². The zero-order valence-electron chi connectivity index (χ0n) is 22.9. The smallest absolute Gasteiger partial charge is 0.161 e. The zero-order valence-corrected chi connectivity index (χ0v) is 22.9. The van der Waals surface area contributed by atoms with Gasteiger partial charge in [-0.1, -0.05) is 45.4 Å². The molecule has 5 rings (SSSR count). The van der Waals surface area contributed by atoms with Gasteiger partial charge in [0.25, 0.3) is 0 Å². The molecule has 4 aliphatic carbocycles. The van der Waals surface area contributed by atoms with Crippen molar-refractivity contribution in [1.29, 1.82) is 0 Å². The van der Waals surface area contributed by atoms with Crippen molar-refractivity contribution in [1.82, 2.24) is 0 Å². The number of carbonyl (C=O) groups excluding carboxylic acids is 2. The first-order chi connectivity index (χ1) is 16.5. The predicted octanol–water partition coefficient (Wildman–Crippen LogP) is 3.62. The summed E-state index contributed by atoms with van der Waals surface area (Å²) in [5.74, 6) is -0.0633. The molecule has 0 amide bonds. The van der Waals surface area contributed by atoms with Gasteiger partial charge in [0.15, 0.2) is 5.78 Å². The number of aliphatic hydroxyl groups is 3. The lowest BCUT2D eigenvalue weighted by atomic mass is 9.38. The fourth-order valence-electron chi connectivity index (χ4n) is 9.71. The van der Waals surface area contributed by atoms with E-state index in [2.05, 4.69) is 19.9 Å². The number of Topliss-reactive ketones (excluding diaryl/α,β-unsaturated/α-hetero) is 1. The summed E-state index contributed by atoms with van der Waals surface area (Å²) in [4.78, 5) is 26.9. The van der Waals surface area contributed by atoms with Crippen molar-refractivity contribution in [2.24, 2.45) is 45.3 Å². The standard InChI is InChI=1S/C30H44O6/c1-26(2)21-13-23(34)30(7)20-9-8-17(16-12-18(31)25(36-15-16)27(3,4)35)29(20,6)14-19(32)24(30)28(21,5)11-10-22(26)33/h9-11,16-19,21,24-25,31-32,35H,8,12-15H2,1-7H3. The quantitative estimate of drug-likeness (QED) is 0.501. The first kappa shape index (κ1) is 26.3. The molecule has 6 nitrogen and oxygen atoms in total. The van der Waals surface area contributed by atoms with E-state index in [-0.39, 0.29) is 40.7 Å². The lowest BCUT2D eigenvalue weighted by molar-refractivity contribution is -0.191. The molecule has 1 saturated heterocycles. The molecule has 0 aromatic heterocycles. The van der Waals surface area contributed by atoms with Gasteiger partial charge in [-0.3, -0.25) is 9.59 Å². The number of hydrogen-bond acceptors (Lipinski definition) is 6. The zero-order chi connectivity index (χ0) is 26.6. The van der Waals surface area contributed by atoms with E-state index in [1.54, 1.807) is 19.9 Å². The highest BCUT2D eigenvalue weighted by Gasteiger charge is 2.70. The van der Waals surface area contributed by atoms with Gasteiger partial charge < -0.3 is 20.1 Å². The second-order valence-electron chi connectivity index (χ2n) is 14.3. The van der Waals surface area contributed by atoms with Crippen LogP contribution in [0.1, 0.15) is 74.1 Å². The molecule has 0 radical (unpaired) electrons. The minimum Gasteiger partial charge on any atom is -0.393 e. The SMILES string of the molecule is CC(C)(O)C1OCC(C2CC=C3C2(C)CC(O)C2C3(C)C(=O)CC3C(C)(C)C(=O)C=CC32C)CC1O. The third-order valence-electron chi connectivity index (χ3n) is 11.3. The fourth-order valence-corrected chi connectivity index (χ4v) is 9.71. The van der Waals surface area contributed by atoms with Crippen molar-refractivity contribution in [2.75, 3.05) is 6.61 Å². The normalized spacial score (nSPS) is 50.3. The lowest BCUT2D eigenvalue weighted by Gasteiger charge is -2.65. The maximum atomic E-state index is 14.1. The maximum Gasteiger partial charge on any atom is 0.161 e. The Hall–Kier alpha value is -1.34. The minimum absolute atomic E-state index is 0.0527. The van der Waals surface area contributed by atoms with Gasteiger partial charge in [0.1, 0.15) is 11.9 Å². The lowest BCUT2D eigenvalue weighted by Crippen LogP contribution is -2.66. The number of rotatable bonds is 2. The molecule has 200 valence electrons. The van der Waals surface area contributed by atoms with E-state index in [0.29, 0.717) is 25.9 Å². The molecule has 0 spiro atoms. The summed E-state index contributed by atoms with van der Waals surface area (Å²) in [7, 11) is 0. The average Bonchev–Trinajstić information content (AvgIpc) is 3.10. The van der Waals surface area contributed by atoms with Crippen LogP contribution in [0.15, 0.2) is 23.8 Å². The molecule has 36 heavy (non-hydrogen) atoms. The van der Waals surface area contributed by atoms with E-state index in [1.807, 2.05) is 26.8 Å². The number of fused-ring (bicyclic) bond motifs is 5. The maximum absolute atomic E-state index is 14.1. The summed E-state index contributed by atoms with van der Waals surface area (Å²) < 4.78 is 6.01. The molecule has 2 saturated carbocycles. The Morgan fingerprint density at radius 3 is 2.33 bits per heavy atom. The number of carbonyl (C=O) groups is 2. The largest absolute Gasteiger partial charge is 0.393 e. The van der Waals surface area contributed by atoms with Crippen LogP contribution in [0.5, 0.6) is 0 Å². The summed E-state index contributed by atoms with van der Waals surface area (Å²) in [6.07, 6.45) is 6.00. The first-order valence-corrected chi connectivity index (χ1v) is 13.7. The second kappa shape index (κ2) is 7.84. The molecular formula is C30H44O6. The summed E-state index contributed by atoms with van der Waals surface area (Å²) in [5, 5.41) is 33.1. The number of ether oxygens (including phenoxy) is 1. The monoisotopic (exact) mass is 500 g/mol. The van der Waals surface area contributed by atoms with Crippen LogP contribution in [0, 0.1) is 45.3 Å². The van der Waals surface area contributed by atoms with E-state index < -0.39 is 40.2 Å². The van der Waals surface area contributed by atoms with Gasteiger partial charge in [-0.2, -0.15) is 0 Å². The molecule has 10 unspecified atom stereocenters. The number of hydrogen-bond donors (Lipinski definition) is 3. The summed E-state index contributed by atoms with van der Waals surface area (Å²) >= 11 is 0. The van der Waals surface area contributed by atoms with Gasteiger partial charge in [0, 0.05) is 17.8 Å². The number of allylic oxidation sites excluding steroid dienone is 4. The number of aliphatic hydroxyl groups excluding tert-OH is 2. The Labute approximate surface area is 215 Å². The van der Waals surface area contributed by atoms with Crippen molar-refractivity contribution in [3.8, 4) is 0 Å². The van der Waals surface area contributed by atoms with Crippen LogP contribution in [0.25, 0.3) is 0 Å². The van der Waals surface area contributed by atoms with Gasteiger partial charge in [-0.25, -0.2) is 0 Å².